The second-order valence-electron chi connectivity index (χ2n) is 6.68. The molecule has 0 saturated heterocycles. The lowest BCUT2D eigenvalue weighted by Crippen LogP contribution is -2.13. The first-order chi connectivity index (χ1) is 14.3. The highest BCUT2D eigenvalue weighted by Gasteiger charge is 2.26. The van der Waals surface area contributed by atoms with Crippen LogP contribution in [0.15, 0.2) is 96.2 Å². The standard InChI is InChI=1S/C24H19N3OS/c29-24-16(17-9-3-1-7-13-25-17)15-21-23(22(24)19-11-4-2-8-14-26-19)27-18-10-5-6-12-20(18)28-21/h1-15,25-27,29H. The molecule has 0 amide bonds. The summed E-state index contributed by atoms with van der Waals surface area (Å²) in [5.41, 5.74) is 5.62. The number of anilines is 2. The molecule has 3 heterocycles. The molecule has 5 heteroatoms. The molecule has 0 fully saturated rings. The molecule has 0 saturated carbocycles. The molecule has 0 spiro atoms. The van der Waals surface area contributed by atoms with Gasteiger partial charge in [0.05, 0.1) is 11.4 Å². The van der Waals surface area contributed by atoms with Gasteiger partial charge in [-0.25, -0.2) is 0 Å². The van der Waals surface area contributed by atoms with Crippen molar-refractivity contribution in [2.45, 2.75) is 4.90 Å². The number of hydrogen-bond acceptors (Lipinski definition) is 5. The minimum absolute atomic E-state index is 0.756. The maximum atomic E-state index is 6.28. The van der Waals surface area contributed by atoms with E-state index in [1.807, 2.05) is 91.3 Å². The van der Waals surface area contributed by atoms with Gasteiger partial charge in [0.1, 0.15) is 0 Å². The molecule has 2 aromatic rings. The monoisotopic (exact) mass is 397 g/mol. The fourth-order valence-electron chi connectivity index (χ4n) is 3.47. The van der Waals surface area contributed by atoms with Crippen LogP contribution < -0.4 is 20.7 Å². The highest BCUT2D eigenvalue weighted by Crippen LogP contribution is 2.49. The molecule has 29 heavy (non-hydrogen) atoms. The fraction of sp³-hybridized carbons (Fsp3) is 0. The van der Waals surface area contributed by atoms with Crippen LogP contribution in [-0.4, -0.2) is 0 Å². The van der Waals surface area contributed by atoms with Crippen molar-refractivity contribution >= 4 is 35.4 Å². The number of nitrogens with one attached hydrogen (secondary N) is 3. The van der Waals surface area contributed by atoms with E-state index in [0.29, 0.717) is 0 Å². The zero-order valence-corrected chi connectivity index (χ0v) is 16.4. The Morgan fingerprint density at radius 2 is 1.48 bits per heavy atom. The second-order valence-corrected chi connectivity index (χ2v) is 7.13. The van der Waals surface area contributed by atoms with Gasteiger partial charge in [-0.3, -0.25) is 0 Å². The first-order valence-electron chi connectivity index (χ1n) is 9.36. The van der Waals surface area contributed by atoms with Gasteiger partial charge in [0.15, 0.2) is 11.5 Å². The van der Waals surface area contributed by atoms with Crippen LogP contribution in [0, 0.1) is 0 Å². The van der Waals surface area contributed by atoms with E-state index < -0.39 is 0 Å². The summed E-state index contributed by atoms with van der Waals surface area (Å²) in [6.45, 7) is 0. The van der Waals surface area contributed by atoms with Crippen LogP contribution in [0.3, 0.4) is 0 Å². The predicted molar refractivity (Wildman–Crippen MR) is 122 cm³/mol. The number of allylic oxidation sites excluding steroid dienone is 8. The van der Waals surface area contributed by atoms with Crippen molar-refractivity contribution in [3.8, 4) is 11.5 Å². The third-order valence-corrected chi connectivity index (χ3v) is 5.29. The van der Waals surface area contributed by atoms with Crippen LogP contribution >= 0.6 is 12.6 Å². The van der Waals surface area contributed by atoms with Crippen LogP contribution in [0.25, 0.3) is 11.4 Å². The third-order valence-electron chi connectivity index (χ3n) is 4.83. The first-order valence-corrected chi connectivity index (χ1v) is 9.81. The highest BCUT2D eigenvalue weighted by molar-refractivity contribution is 7.80. The maximum Gasteiger partial charge on any atom is 0.152 e. The highest BCUT2D eigenvalue weighted by atomic mass is 32.1. The Kier molecular flexibility index (Phi) is 4.50. The number of thiol groups is 1. The summed E-state index contributed by atoms with van der Waals surface area (Å²) in [7, 11) is 0. The van der Waals surface area contributed by atoms with E-state index in [-0.39, 0.29) is 0 Å². The van der Waals surface area contributed by atoms with Crippen molar-refractivity contribution in [1.29, 1.82) is 0 Å². The van der Waals surface area contributed by atoms with E-state index in [1.54, 1.807) is 0 Å². The maximum absolute atomic E-state index is 6.28. The van der Waals surface area contributed by atoms with E-state index in [1.165, 1.54) is 0 Å². The van der Waals surface area contributed by atoms with Crippen LogP contribution in [0.2, 0.25) is 0 Å². The van der Waals surface area contributed by atoms with Gasteiger partial charge in [-0.05, 0) is 42.5 Å². The number of benzene rings is 2. The molecule has 0 aliphatic carbocycles. The molecule has 0 atom stereocenters. The number of ether oxygens (including phenoxy) is 1. The van der Waals surface area contributed by atoms with Crippen molar-refractivity contribution in [2.75, 3.05) is 5.32 Å². The van der Waals surface area contributed by atoms with E-state index in [4.69, 9.17) is 17.4 Å². The summed E-state index contributed by atoms with van der Waals surface area (Å²) < 4.78 is 6.28. The molecule has 3 N–H and O–H groups in total. The van der Waals surface area contributed by atoms with Crippen LogP contribution in [0.5, 0.6) is 11.5 Å². The molecule has 0 unspecified atom stereocenters. The average molecular weight is 398 g/mol. The third kappa shape index (κ3) is 3.26. The van der Waals surface area contributed by atoms with Gasteiger partial charge in [-0.15, -0.1) is 12.6 Å². The quantitative estimate of drug-likeness (QED) is 0.410. The molecule has 0 radical (unpaired) electrons. The van der Waals surface area contributed by atoms with Gasteiger partial charge in [-0.1, -0.05) is 36.4 Å². The molecule has 4 nitrogen and oxygen atoms in total. The fourth-order valence-corrected chi connectivity index (χ4v) is 3.89. The summed E-state index contributed by atoms with van der Waals surface area (Å²) in [5, 5.41) is 10.2. The van der Waals surface area contributed by atoms with Gasteiger partial charge in [0.25, 0.3) is 0 Å². The SMILES string of the molecule is Sc1c(C2=CC=CC=CN2)cc2c(c1C1=CC=CC=CN1)Nc1ccccc1O2. The van der Waals surface area contributed by atoms with Crippen molar-refractivity contribution in [2.24, 2.45) is 0 Å². The van der Waals surface area contributed by atoms with Gasteiger partial charge in [-0.2, -0.15) is 0 Å². The lowest BCUT2D eigenvalue weighted by atomic mass is 10.00. The topological polar surface area (TPSA) is 45.3 Å². The Morgan fingerprint density at radius 1 is 0.759 bits per heavy atom. The van der Waals surface area contributed by atoms with Gasteiger partial charge in [0, 0.05) is 39.8 Å². The van der Waals surface area contributed by atoms with E-state index in [0.717, 1.165) is 50.3 Å². The normalized spacial score (nSPS) is 16.0. The summed E-state index contributed by atoms with van der Waals surface area (Å²) in [6.07, 6.45) is 19.8. The van der Waals surface area contributed by atoms with E-state index in [2.05, 4.69) is 16.0 Å². The Balaban J connectivity index is 1.73. The number of para-hydroxylation sites is 2. The second kappa shape index (κ2) is 7.45. The Bertz CT molecular complexity index is 1170. The molecule has 5 rings (SSSR count). The molecular weight excluding hydrogens is 378 g/mol. The smallest absolute Gasteiger partial charge is 0.152 e. The zero-order valence-electron chi connectivity index (χ0n) is 15.5. The van der Waals surface area contributed by atoms with Gasteiger partial charge < -0.3 is 20.7 Å². The molecule has 3 aliphatic rings. The lowest BCUT2D eigenvalue weighted by molar-refractivity contribution is 0.480. The van der Waals surface area contributed by atoms with Crippen LogP contribution in [0.4, 0.5) is 11.4 Å². The summed E-state index contributed by atoms with van der Waals surface area (Å²) in [6, 6.07) is 9.95. The minimum atomic E-state index is 0.756. The lowest BCUT2D eigenvalue weighted by Gasteiger charge is -2.27. The number of fused-ring (bicyclic) bond motifs is 2. The molecule has 3 aliphatic heterocycles. The number of rotatable bonds is 2. The van der Waals surface area contributed by atoms with Crippen LogP contribution in [-0.2, 0) is 0 Å². The summed E-state index contributed by atoms with van der Waals surface area (Å²) in [5.74, 6) is 1.56. The molecule has 142 valence electrons. The zero-order chi connectivity index (χ0) is 19.6. The van der Waals surface area contributed by atoms with Crippen molar-refractivity contribution in [3.05, 3.63) is 102 Å². The van der Waals surface area contributed by atoms with E-state index in [9.17, 15) is 0 Å². The average Bonchev–Trinajstić information content (AvgIpc) is 3.17. The van der Waals surface area contributed by atoms with Crippen molar-refractivity contribution in [3.63, 3.8) is 0 Å². The Morgan fingerprint density at radius 3 is 2.31 bits per heavy atom. The largest absolute Gasteiger partial charge is 0.453 e. The Hall–Kier alpha value is -3.57. The van der Waals surface area contributed by atoms with Crippen molar-refractivity contribution < 1.29 is 4.74 Å². The van der Waals surface area contributed by atoms with Crippen molar-refractivity contribution in [1.82, 2.24) is 10.6 Å². The molecule has 0 aromatic heterocycles. The van der Waals surface area contributed by atoms with Gasteiger partial charge in [0.2, 0.25) is 0 Å². The Labute approximate surface area is 175 Å². The van der Waals surface area contributed by atoms with Crippen LogP contribution in [0.1, 0.15) is 11.1 Å². The first kappa shape index (κ1) is 17.5. The summed E-state index contributed by atoms with van der Waals surface area (Å²) in [4.78, 5) is 0.851. The summed E-state index contributed by atoms with van der Waals surface area (Å²) >= 11 is 4.95. The number of hydrogen-bond donors (Lipinski definition) is 4. The molecule has 2 aromatic carbocycles. The van der Waals surface area contributed by atoms with Gasteiger partial charge >= 0.3 is 0 Å². The minimum Gasteiger partial charge on any atom is -0.453 e. The predicted octanol–water partition coefficient (Wildman–Crippen LogP) is 5.85. The molecule has 0 bridgehead atoms. The molecular formula is C24H19N3OS. The van der Waals surface area contributed by atoms with E-state index >= 15 is 0 Å².